The van der Waals surface area contributed by atoms with Crippen LogP contribution in [0.3, 0.4) is 0 Å². The molecular formula is C36H71ClO2. The zero-order valence-electron chi connectivity index (χ0n) is 26.9. The number of carbonyl (C=O) groups excluding carboxylic acids is 1. The van der Waals surface area contributed by atoms with Crippen molar-refractivity contribution in [2.24, 2.45) is 0 Å². The van der Waals surface area contributed by atoms with Gasteiger partial charge in [0.2, 0.25) is 0 Å². The maximum absolute atomic E-state index is 11.3. The van der Waals surface area contributed by atoms with Gasteiger partial charge in [0.15, 0.2) is 0 Å². The number of hydrogen-bond acceptors (Lipinski definition) is 2. The van der Waals surface area contributed by atoms with Gasteiger partial charge in [0.1, 0.15) is 6.10 Å². The van der Waals surface area contributed by atoms with Gasteiger partial charge in [-0.3, -0.25) is 0 Å². The van der Waals surface area contributed by atoms with E-state index >= 15 is 0 Å². The van der Waals surface area contributed by atoms with Crippen molar-refractivity contribution in [3.63, 3.8) is 0 Å². The molecule has 0 atom stereocenters. The minimum absolute atomic E-state index is 0.0268. The van der Waals surface area contributed by atoms with Crippen molar-refractivity contribution in [3.8, 4) is 0 Å². The molecule has 3 heteroatoms. The van der Waals surface area contributed by atoms with E-state index in [1.165, 1.54) is 180 Å². The molecule has 2 nitrogen and oxygen atoms in total. The van der Waals surface area contributed by atoms with Crippen LogP contribution in [-0.2, 0) is 4.74 Å². The molecule has 0 bridgehead atoms. The molecule has 0 heterocycles. The molecule has 0 aliphatic rings. The first-order valence-electron chi connectivity index (χ1n) is 18.1. The van der Waals surface area contributed by atoms with Gasteiger partial charge in [-0.1, -0.05) is 194 Å². The molecule has 39 heavy (non-hydrogen) atoms. The lowest BCUT2D eigenvalue weighted by atomic mass is 10.0. The molecule has 0 rings (SSSR count). The van der Waals surface area contributed by atoms with Gasteiger partial charge in [-0.15, -0.1) is 0 Å². The van der Waals surface area contributed by atoms with E-state index in [1.807, 2.05) is 0 Å². The topological polar surface area (TPSA) is 26.3 Å². The fraction of sp³-hybridized carbons (Fsp3) is 0.972. The van der Waals surface area contributed by atoms with Crippen LogP contribution in [-0.4, -0.2) is 11.5 Å². The van der Waals surface area contributed by atoms with Crippen molar-refractivity contribution >= 4 is 17.0 Å². The minimum atomic E-state index is -0.623. The average Bonchev–Trinajstić information content (AvgIpc) is 2.92. The molecule has 0 aromatic rings. The van der Waals surface area contributed by atoms with Crippen LogP contribution in [0.1, 0.15) is 219 Å². The fourth-order valence-corrected chi connectivity index (χ4v) is 6.01. The molecule has 0 N–H and O–H groups in total. The van der Waals surface area contributed by atoms with Gasteiger partial charge in [-0.2, -0.15) is 0 Å². The number of carbonyl (C=O) groups is 1. The zero-order chi connectivity index (χ0) is 28.5. The van der Waals surface area contributed by atoms with E-state index in [4.69, 9.17) is 16.3 Å². The molecule has 234 valence electrons. The van der Waals surface area contributed by atoms with Gasteiger partial charge >= 0.3 is 5.43 Å². The highest BCUT2D eigenvalue weighted by Crippen LogP contribution is 2.19. The summed E-state index contributed by atoms with van der Waals surface area (Å²) in [5.41, 5.74) is -0.623. The van der Waals surface area contributed by atoms with E-state index in [0.29, 0.717) is 0 Å². The van der Waals surface area contributed by atoms with Crippen LogP contribution in [0.5, 0.6) is 0 Å². The van der Waals surface area contributed by atoms with Crippen LogP contribution in [0.25, 0.3) is 0 Å². The van der Waals surface area contributed by atoms with Gasteiger partial charge in [0.25, 0.3) is 0 Å². The van der Waals surface area contributed by atoms with E-state index in [1.54, 1.807) is 0 Å². The standard InChI is InChI=1S/C36H71ClO2/c1-3-5-7-9-11-13-15-17-19-21-23-25-27-29-31-33-35(39-36(37)38)34-32-30-28-26-24-22-20-18-16-14-12-10-8-6-4-2/h35H,3-34H2,1-2H3. The third-order valence-corrected chi connectivity index (χ3v) is 8.61. The van der Waals surface area contributed by atoms with Gasteiger partial charge in [0.05, 0.1) is 0 Å². The summed E-state index contributed by atoms with van der Waals surface area (Å²) in [5.74, 6) is 0. The Morgan fingerprint density at radius 3 is 0.821 bits per heavy atom. The fourth-order valence-electron chi connectivity index (χ4n) is 5.88. The second-order valence-electron chi connectivity index (χ2n) is 12.5. The zero-order valence-corrected chi connectivity index (χ0v) is 27.7. The summed E-state index contributed by atoms with van der Waals surface area (Å²) in [6.07, 6.45) is 43.4. The van der Waals surface area contributed by atoms with Crippen molar-refractivity contribution in [3.05, 3.63) is 0 Å². The Morgan fingerprint density at radius 1 is 0.410 bits per heavy atom. The Labute approximate surface area is 251 Å². The molecule has 0 aliphatic carbocycles. The summed E-state index contributed by atoms with van der Waals surface area (Å²) in [4.78, 5) is 11.3. The van der Waals surface area contributed by atoms with Gasteiger partial charge in [0, 0.05) is 11.6 Å². The van der Waals surface area contributed by atoms with Crippen molar-refractivity contribution in [1.82, 2.24) is 0 Å². The predicted molar refractivity (Wildman–Crippen MR) is 175 cm³/mol. The molecule has 0 saturated carbocycles. The first-order valence-corrected chi connectivity index (χ1v) is 18.4. The van der Waals surface area contributed by atoms with Crippen molar-refractivity contribution in [2.75, 3.05) is 0 Å². The Morgan fingerprint density at radius 2 is 0.615 bits per heavy atom. The maximum Gasteiger partial charge on any atom is 0.404 e. The molecule has 0 spiro atoms. The van der Waals surface area contributed by atoms with E-state index in [2.05, 4.69) is 13.8 Å². The largest absolute Gasteiger partial charge is 0.450 e. The van der Waals surface area contributed by atoms with Gasteiger partial charge < -0.3 is 4.74 Å². The van der Waals surface area contributed by atoms with Crippen molar-refractivity contribution in [1.29, 1.82) is 0 Å². The molecular weight excluding hydrogens is 500 g/mol. The van der Waals surface area contributed by atoms with Crippen LogP contribution < -0.4 is 0 Å². The smallest absolute Gasteiger partial charge is 0.404 e. The maximum atomic E-state index is 11.3. The highest BCUT2D eigenvalue weighted by molar-refractivity contribution is 6.61. The number of halogens is 1. The first kappa shape index (κ1) is 38.8. The monoisotopic (exact) mass is 571 g/mol. The van der Waals surface area contributed by atoms with E-state index in [0.717, 1.165) is 25.7 Å². The van der Waals surface area contributed by atoms with Crippen molar-refractivity contribution in [2.45, 2.75) is 225 Å². The Kier molecular flexibility index (Phi) is 33.8. The quantitative estimate of drug-likeness (QED) is 0.0579. The SMILES string of the molecule is CCCCCCCCCCCCCCCCCC(CCCCCCCCCCCCCCCCC)OC(=O)Cl. The Balaban J connectivity index is 3.48. The lowest BCUT2D eigenvalue weighted by Crippen LogP contribution is -2.14. The van der Waals surface area contributed by atoms with E-state index < -0.39 is 5.43 Å². The third-order valence-electron chi connectivity index (χ3n) is 8.52. The molecule has 0 aromatic carbocycles. The predicted octanol–water partition coefficient (Wildman–Crippen LogP) is 14.3. The second-order valence-corrected chi connectivity index (χ2v) is 12.8. The molecule has 0 unspecified atom stereocenters. The summed E-state index contributed by atoms with van der Waals surface area (Å²) in [7, 11) is 0. The van der Waals surface area contributed by atoms with E-state index in [-0.39, 0.29) is 6.10 Å². The van der Waals surface area contributed by atoms with Crippen LogP contribution >= 0.6 is 11.6 Å². The summed E-state index contributed by atoms with van der Waals surface area (Å²) in [6, 6.07) is 0. The second kappa shape index (κ2) is 34.0. The van der Waals surface area contributed by atoms with Crippen LogP contribution in [0, 0.1) is 0 Å². The number of unbranched alkanes of at least 4 members (excludes halogenated alkanes) is 28. The third kappa shape index (κ3) is 33.9. The average molecular weight is 571 g/mol. The molecule has 0 aromatic heterocycles. The van der Waals surface area contributed by atoms with Crippen LogP contribution in [0.2, 0.25) is 0 Å². The van der Waals surface area contributed by atoms with Gasteiger partial charge in [-0.25, -0.2) is 4.79 Å². The summed E-state index contributed by atoms with van der Waals surface area (Å²) < 4.78 is 5.42. The molecule has 0 amide bonds. The lowest BCUT2D eigenvalue weighted by molar-refractivity contribution is 0.106. The van der Waals surface area contributed by atoms with Crippen LogP contribution in [0.4, 0.5) is 4.79 Å². The Bertz CT molecular complexity index is 433. The van der Waals surface area contributed by atoms with Crippen LogP contribution in [0.15, 0.2) is 0 Å². The number of rotatable bonds is 33. The van der Waals surface area contributed by atoms with Crippen molar-refractivity contribution < 1.29 is 9.53 Å². The summed E-state index contributed by atoms with van der Waals surface area (Å²) in [5, 5.41) is 0. The molecule has 0 saturated heterocycles. The van der Waals surface area contributed by atoms with Gasteiger partial charge in [-0.05, 0) is 25.7 Å². The highest BCUT2D eigenvalue weighted by atomic mass is 35.5. The molecule has 0 radical (unpaired) electrons. The first-order chi connectivity index (χ1) is 19.2. The normalized spacial score (nSPS) is 11.5. The lowest BCUT2D eigenvalue weighted by Gasteiger charge is -2.16. The molecule has 0 aliphatic heterocycles. The Hall–Kier alpha value is -0.240. The number of hydrogen-bond donors (Lipinski definition) is 0. The number of ether oxygens (including phenoxy) is 1. The van der Waals surface area contributed by atoms with E-state index in [9.17, 15) is 4.79 Å². The molecule has 0 fully saturated rings. The minimum Gasteiger partial charge on any atom is -0.450 e. The summed E-state index contributed by atoms with van der Waals surface area (Å²) >= 11 is 5.55. The highest BCUT2D eigenvalue weighted by Gasteiger charge is 2.12. The summed E-state index contributed by atoms with van der Waals surface area (Å²) in [6.45, 7) is 4.58.